The lowest BCUT2D eigenvalue weighted by molar-refractivity contribution is 0.0945. The van der Waals surface area contributed by atoms with Crippen LogP contribution in [0.4, 0.5) is 0 Å². The molecule has 2 aromatic heterocycles. The number of amides is 1. The molecule has 4 nitrogen and oxygen atoms in total. The second-order valence-corrected chi connectivity index (χ2v) is 8.55. The lowest BCUT2D eigenvalue weighted by atomic mass is 10.1. The summed E-state index contributed by atoms with van der Waals surface area (Å²) < 4.78 is 1.93. The molecule has 0 aliphatic heterocycles. The van der Waals surface area contributed by atoms with Gasteiger partial charge in [-0.15, -0.1) is 11.3 Å². The molecule has 140 valence electrons. The van der Waals surface area contributed by atoms with Crippen LogP contribution in [0.25, 0.3) is 0 Å². The summed E-state index contributed by atoms with van der Waals surface area (Å²) in [4.78, 5) is 19.7. The van der Waals surface area contributed by atoms with Crippen molar-refractivity contribution in [3.8, 4) is 0 Å². The zero-order valence-corrected chi connectivity index (χ0v) is 16.8. The zero-order valence-electron chi connectivity index (χ0n) is 15.2. The number of thiophene rings is 1. The van der Waals surface area contributed by atoms with E-state index < -0.39 is 0 Å². The zero-order chi connectivity index (χ0) is 18.8. The molecule has 1 aliphatic carbocycles. The van der Waals surface area contributed by atoms with Gasteiger partial charge in [-0.1, -0.05) is 30.2 Å². The minimum Gasteiger partial charge on any atom is -0.337 e. The molecule has 0 bridgehead atoms. The van der Waals surface area contributed by atoms with Crippen LogP contribution in [0.1, 0.15) is 56.8 Å². The molecule has 0 spiro atoms. The molecule has 0 saturated heterocycles. The first-order chi connectivity index (χ1) is 13.1. The van der Waals surface area contributed by atoms with Crippen LogP contribution in [0.5, 0.6) is 0 Å². The average Bonchev–Trinajstić information content (AvgIpc) is 3.21. The smallest absolute Gasteiger partial charge is 0.262 e. The van der Waals surface area contributed by atoms with E-state index in [2.05, 4.69) is 16.4 Å². The van der Waals surface area contributed by atoms with E-state index in [1.807, 2.05) is 42.1 Å². The first kappa shape index (κ1) is 18.3. The van der Waals surface area contributed by atoms with Crippen molar-refractivity contribution in [2.75, 3.05) is 0 Å². The fourth-order valence-electron chi connectivity index (χ4n) is 3.59. The van der Waals surface area contributed by atoms with Crippen LogP contribution in [0.2, 0.25) is 5.02 Å². The Bertz CT molecular complexity index is 921. The number of imidazole rings is 1. The van der Waals surface area contributed by atoms with E-state index in [0.717, 1.165) is 29.1 Å². The summed E-state index contributed by atoms with van der Waals surface area (Å²) in [6.07, 6.45) is 9.52. The maximum absolute atomic E-state index is 13.0. The number of hydrogen-bond donors (Lipinski definition) is 1. The second-order valence-electron chi connectivity index (χ2n) is 6.97. The minimum absolute atomic E-state index is 0.0453. The summed E-state index contributed by atoms with van der Waals surface area (Å²) in [6, 6.07) is 9.31. The van der Waals surface area contributed by atoms with Crippen LogP contribution >= 0.6 is 22.9 Å². The molecule has 1 amide bonds. The highest BCUT2D eigenvalue weighted by atomic mass is 35.5. The number of hydrogen-bond acceptors (Lipinski definition) is 3. The van der Waals surface area contributed by atoms with Gasteiger partial charge in [0.05, 0.1) is 4.88 Å². The molecule has 1 atom stereocenters. The first-order valence-corrected chi connectivity index (χ1v) is 10.5. The van der Waals surface area contributed by atoms with Gasteiger partial charge in [-0.3, -0.25) is 4.79 Å². The predicted molar refractivity (Wildman–Crippen MR) is 110 cm³/mol. The fraction of sp³-hybridized carbons (Fsp3) is 0.333. The number of rotatable bonds is 4. The maximum Gasteiger partial charge on any atom is 0.262 e. The molecular weight excluding hydrogens is 378 g/mol. The van der Waals surface area contributed by atoms with Gasteiger partial charge in [-0.05, 0) is 55.0 Å². The molecule has 6 heteroatoms. The number of fused-ring (bicyclic) bond motifs is 1. The number of halogens is 1. The van der Waals surface area contributed by atoms with Gasteiger partial charge in [0.2, 0.25) is 0 Å². The highest BCUT2D eigenvalue weighted by Gasteiger charge is 2.23. The summed E-state index contributed by atoms with van der Waals surface area (Å²) in [5, 5.41) is 3.85. The molecule has 1 aromatic carbocycles. The Morgan fingerprint density at radius 1 is 1.22 bits per heavy atom. The Hall–Kier alpha value is -2.11. The van der Waals surface area contributed by atoms with Crippen molar-refractivity contribution in [2.24, 2.45) is 7.05 Å². The molecule has 1 unspecified atom stereocenters. The molecule has 3 aromatic rings. The molecule has 0 fully saturated rings. The van der Waals surface area contributed by atoms with Crippen LogP contribution in [-0.2, 0) is 19.9 Å². The van der Waals surface area contributed by atoms with E-state index in [0.29, 0.717) is 5.02 Å². The van der Waals surface area contributed by atoms with Crippen LogP contribution in [-0.4, -0.2) is 15.5 Å². The van der Waals surface area contributed by atoms with E-state index in [9.17, 15) is 4.79 Å². The monoisotopic (exact) mass is 399 g/mol. The van der Waals surface area contributed by atoms with Gasteiger partial charge in [0.25, 0.3) is 5.91 Å². The van der Waals surface area contributed by atoms with E-state index >= 15 is 0 Å². The third-order valence-corrected chi connectivity index (χ3v) is 6.55. The summed E-state index contributed by atoms with van der Waals surface area (Å²) in [5.74, 6) is 0.750. The molecule has 2 heterocycles. The van der Waals surface area contributed by atoms with Crippen molar-refractivity contribution in [1.82, 2.24) is 14.9 Å². The maximum atomic E-state index is 13.0. The molecule has 1 N–H and O–H groups in total. The third kappa shape index (κ3) is 3.94. The quantitative estimate of drug-likeness (QED) is 0.632. The van der Waals surface area contributed by atoms with Crippen molar-refractivity contribution < 1.29 is 4.79 Å². The SMILES string of the molecule is Cn1ccnc1C(NC(=O)c1cc2c(s1)CCCCC2)c1ccc(Cl)cc1. The lowest BCUT2D eigenvalue weighted by Crippen LogP contribution is -2.30. The number of nitrogens with zero attached hydrogens (tertiary/aromatic N) is 2. The Labute approximate surface area is 168 Å². The van der Waals surface area contributed by atoms with Gasteiger partial charge in [0, 0.05) is 29.3 Å². The van der Waals surface area contributed by atoms with E-state index in [4.69, 9.17) is 11.6 Å². The number of carbonyl (C=O) groups excluding carboxylic acids is 1. The minimum atomic E-state index is -0.323. The Kier molecular flexibility index (Phi) is 5.32. The number of carbonyl (C=O) groups is 1. The normalized spacial score (nSPS) is 15.0. The van der Waals surface area contributed by atoms with Gasteiger partial charge in [0.15, 0.2) is 0 Å². The van der Waals surface area contributed by atoms with Gasteiger partial charge >= 0.3 is 0 Å². The summed E-state index contributed by atoms with van der Waals surface area (Å²) >= 11 is 7.68. The van der Waals surface area contributed by atoms with Crippen LogP contribution in [0.15, 0.2) is 42.7 Å². The summed E-state index contributed by atoms with van der Waals surface area (Å²) in [6.45, 7) is 0. The number of benzene rings is 1. The van der Waals surface area contributed by atoms with Crippen molar-refractivity contribution >= 4 is 28.8 Å². The molecule has 4 rings (SSSR count). The van der Waals surface area contributed by atoms with Gasteiger partial charge < -0.3 is 9.88 Å². The van der Waals surface area contributed by atoms with Gasteiger partial charge in [-0.25, -0.2) is 4.98 Å². The number of nitrogens with one attached hydrogen (secondary N) is 1. The average molecular weight is 400 g/mol. The molecule has 0 saturated carbocycles. The van der Waals surface area contributed by atoms with E-state index in [1.165, 1.54) is 29.7 Å². The Morgan fingerprint density at radius 2 is 2.00 bits per heavy atom. The molecule has 1 aliphatic rings. The second kappa shape index (κ2) is 7.87. The first-order valence-electron chi connectivity index (χ1n) is 9.27. The number of aryl methyl sites for hydroxylation is 3. The Morgan fingerprint density at radius 3 is 2.74 bits per heavy atom. The topological polar surface area (TPSA) is 46.9 Å². The third-order valence-electron chi connectivity index (χ3n) is 5.07. The lowest BCUT2D eigenvalue weighted by Gasteiger charge is -2.19. The standard InChI is InChI=1S/C21H22ClN3OS/c1-25-12-11-23-20(25)19(14-7-9-16(22)10-8-14)24-21(26)18-13-15-5-3-2-4-6-17(15)27-18/h7-13,19H,2-6H2,1H3,(H,24,26). The van der Waals surface area contributed by atoms with Crippen molar-refractivity contribution in [3.05, 3.63) is 74.5 Å². The van der Waals surface area contributed by atoms with Gasteiger partial charge in [0.1, 0.15) is 11.9 Å². The van der Waals surface area contributed by atoms with Crippen LogP contribution in [0.3, 0.4) is 0 Å². The molecular formula is C21H22ClN3OS. The fourth-order valence-corrected chi connectivity index (χ4v) is 4.87. The number of aromatic nitrogens is 2. The van der Waals surface area contributed by atoms with Crippen molar-refractivity contribution in [2.45, 2.75) is 38.1 Å². The van der Waals surface area contributed by atoms with Crippen LogP contribution < -0.4 is 5.32 Å². The summed E-state index contributed by atoms with van der Waals surface area (Å²) in [5.41, 5.74) is 2.31. The van der Waals surface area contributed by atoms with Gasteiger partial charge in [-0.2, -0.15) is 0 Å². The van der Waals surface area contributed by atoms with E-state index in [1.54, 1.807) is 17.5 Å². The molecule has 0 radical (unpaired) electrons. The Balaban J connectivity index is 1.62. The largest absolute Gasteiger partial charge is 0.337 e. The highest BCUT2D eigenvalue weighted by Crippen LogP contribution is 2.30. The van der Waals surface area contributed by atoms with Crippen molar-refractivity contribution in [3.63, 3.8) is 0 Å². The summed E-state index contributed by atoms with van der Waals surface area (Å²) in [7, 11) is 1.94. The van der Waals surface area contributed by atoms with E-state index in [-0.39, 0.29) is 11.9 Å². The predicted octanol–water partition coefficient (Wildman–Crippen LogP) is 4.92. The highest BCUT2D eigenvalue weighted by molar-refractivity contribution is 7.14. The van der Waals surface area contributed by atoms with Crippen LogP contribution in [0, 0.1) is 0 Å². The molecule has 27 heavy (non-hydrogen) atoms. The van der Waals surface area contributed by atoms with Crippen molar-refractivity contribution in [1.29, 1.82) is 0 Å².